The Kier molecular flexibility index (Phi) is 9.07. The number of carbonyl (C=O) groups is 3. The Morgan fingerprint density at radius 1 is 1.06 bits per heavy atom. The van der Waals surface area contributed by atoms with Crippen molar-refractivity contribution in [3.8, 4) is 0 Å². The van der Waals surface area contributed by atoms with Gasteiger partial charge in [0.15, 0.2) is 0 Å². The highest BCUT2D eigenvalue weighted by Crippen LogP contribution is 2.49. The molecule has 0 aromatic carbocycles. The average Bonchev–Trinajstić information content (AvgIpc) is 3.11. The molecule has 0 bridgehead atoms. The van der Waals surface area contributed by atoms with Gasteiger partial charge in [-0.2, -0.15) is 0 Å². The third kappa shape index (κ3) is 6.18. The molecule has 0 unspecified atom stereocenters. The molecule has 4 rings (SSSR count). The minimum atomic E-state index is -0.825. The fraction of sp³-hybridized carbons (Fsp3) is 0.759. The van der Waals surface area contributed by atoms with Crippen molar-refractivity contribution in [3.05, 3.63) is 23.4 Å². The Morgan fingerprint density at radius 2 is 1.83 bits per heavy atom. The lowest BCUT2D eigenvalue weighted by Crippen LogP contribution is -2.53. The molecule has 1 aliphatic heterocycles. The smallest absolute Gasteiger partial charge is 0.317 e. The van der Waals surface area contributed by atoms with Crippen molar-refractivity contribution in [1.82, 2.24) is 10.2 Å². The van der Waals surface area contributed by atoms with Crippen molar-refractivity contribution >= 4 is 17.8 Å². The number of rotatable bonds is 8. The van der Waals surface area contributed by atoms with E-state index in [1.54, 1.807) is 0 Å². The molecule has 0 radical (unpaired) electrons. The van der Waals surface area contributed by atoms with Crippen LogP contribution >= 0.6 is 0 Å². The average molecular weight is 485 g/mol. The molecule has 3 aliphatic carbocycles. The highest BCUT2D eigenvalue weighted by molar-refractivity contribution is 5.92. The van der Waals surface area contributed by atoms with Gasteiger partial charge in [0, 0.05) is 31.1 Å². The van der Waals surface area contributed by atoms with Crippen molar-refractivity contribution < 1.29 is 19.1 Å². The first-order chi connectivity index (χ1) is 17.0. The van der Waals surface area contributed by atoms with Gasteiger partial charge in [0.1, 0.15) is 5.41 Å². The summed E-state index contributed by atoms with van der Waals surface area (Å²) in [4.78, 5) is 41.9. The SMILES string of the molecule is COC(=O)[C@]12CCCCC=C1N(CCC1=CCCCC1)C(=O)[C@H](CC(=O)NCC1CCCCC1)C2. The number of hydrogen-bond acceptors (Lipinski definition) is 4. The molecule has 0 aromatic heterocycles. The van der Waals surface area contributed by atoms with Crippen LogP contribution in [0.5, 0.6) is 0 Å². The van der Waals surface area contributed by atoms with Crippen LogP contribution in [-0.4, -0.2) is 42.9 Å². The summed E-state index contributed by atoms with van der Waals surface area (Å²) in [6, 6.07) is 0. The zero-order valence-electron chi connectivity index (χ0n) is 21.6. The number of likely N-dealkylation sites (tertiary alicyclic amines) is 1. The fourth-order valence-corrected chi connectivity index (χ4v) is 6.76. The van der Waals surface area contributed by atoms with Gasteiger partial charge in [0.2, 0.25) is 11.8 Å². The van der Waals surface area contributed by atoms with Gasteiger partial charge in [-0.05, 0) is 76.5 Å². The highest BCUT2D eigenvalue weighted by atomic mass is 16.5. The standard InChI is InChI=1S/C29H44N2O4/c1-35-28(34)29-17-10-4-9-15-25(29)31(18-16-22-11-5-2-6-12-22)27(33)24(20-29)19-26(32)30-21-23-13-7-3-8-14-23/h11,15,23-24H,2-10,12-14,16-21H2,1H3,(H,30,32)/t24-,29+/m1/s1. The number of allylic oxidation sites excluding steroid dienone is 2. The largest absolute Gasteiger partial charge is 0.468 e. The molecule has 2 amide bonds. The lowest BCUT2D eigenvalue weighted by Gasteiger charge is -2.46. The Morgan fingerprint density at radius 3 is 2.57 bits per heavy atom. The Labute approximate surface area is 210 Å². The number of fused-ring (bicyclic) bond motifs is 1. The lowest BCUT2D eigenvalue weighted by atomic mass is 9.69. The molecular formula is C29H44N2O4. The van der Waals surface area contributed by atoms with Gasteiger partial charge in [0.25, 0.3) is 0 Å². The summed E-state index contributed by atoms with van der Waals surface area (Å²) in [5, 5.41) is 3.11. The Bertz CT molecular complexity index is 842. The number of nitrogens with zero attached hydrogens (tertiary/aromatic N) is 1. The van der Waals surface area contributed by atoms with E-state index < -0.39 is 11.3 Å². The molecule has 194 valence electrons. The van der Waals surface area contributed by atoms with Crippen molar-refractivity contribution in [3.63, 3.8) is 0 Å². The van der Waals surface area contributed by atoms with Gasteiger partial charge in [-0.15, -0.1) is 0 Å². The highest BCUT2D eigenvalue weighted by Gasteiger charge is 2.53. The van der Waals surface area contributed by atoms with Crippen LogP contribution in [-0.2, 0) is 19.1 Å². The van der Waals surface area contributed by atoms with Gasteiger partial charge >= 0.3 is 5.97 Å². The molecule has 6 nitrogen and oxygen atoms in total. The monoisotopic (exact) mass is 484 g/mol. The van der Waals surface area contributed by atoms with Crippen LogP contribution in [0.2, 0.25) is 0 Å². The summed E-state index contributed by atoms with van der Waals surface area (Å²) in [6.45, 7) is 1.28. The predicted octanol–water partition coefficient (Wildman–Crippen LogP) is 5.43. The third-order valence-electron chi connectivity index (χ3n) is 8.75. The van der Waals surface area contributed by atoms with Crippen LogP contribution in [0.3, 0.4) is 0 Å². The number of amides is 2. The summed E-state index contributed by atoms with van der Waals surface area (Å²) in [7, 11) is 1.44. The summed E-state index contributed by atoms with van der Waals surface area (Å²) >= 11 is 0. The van der Waals surface area contributed by atoms with E-state index in [1.165, 1.54) is 57.6 Å². The van der Waals surface area contributed by atoms with E-state index in [1.807, 2.05) is 4.90 Å². The van der Waals surface area contributed by atoms with Gasteiger partial charge in [-0.3, -0.25) is 14.4 Å². The fourth-order valence-electron chi connectivity index (χ4n) is 6.76. The summed E-state index contributed by atoms with van der Waals surface area (Å²) in [5.74, 6) is -0.261. The second kappa shape index (κ2) is 12.2. The maximum Gasteiger partial charge on any atom is 0.317 e. The first kappa shape index (κ1) is 26.0. The van der Waals surface area contributed by atoms with Crippen LogP contribution in [0.4, 0.5) is 0 Å². The molecule has 2 fully saturated rings. The summed E-state index contributed by atoms with van der Waals surface area (Å²) in [5.41, 5.74) is 1.42. The number of esters is 1. The molecule has 1 N–H and O–H groups in total. The first-order valence-electron chi connectivity index (χ1n) is 14.1. The lowest BCUT2D eigenvalue weighted by molar-refractivity contribution is -0.159. The van der Waals surface area contributed by atoms with Gasteiger partial charge in [-0.25, -0.2) is 0 Å². The van der Waals surface area contributed by atoms with E-state index in [0.717, 1.165) is 44.2 Å². The van der Waals surface area contributed by atoms with E-state index in [9.17, 15) is 14.4 Å². The maximum absolute atomic E-state index is 13.8. The first-order valence-corrected chi connectivity index (χ1v) is 14.1. The van der Waals surface area contributed by atoms with Gasteiger partial charge in [-0.1, -0.05) is 43.4 Å². The summed E-state index contributed by atoms with van der Waals surface area (Å²) < 4.78 is 5.33. The van der Waals surface area contributed by atoms with Crippen molar-refractivity contribution in [2.75, 3.05) is 20.2 Å². The minimum Gasteiger partial charge on any atom is -0.468 e. The minimum absolute atomic E-state index is 0.00176. The van der Waals surface area contributed by atoms with Crippen molar-refractivity contribution in [2.24, 2.45) is 17.3 Å². The Balaban J connectivity index is 1.52. The zero-order chi connectivity index (χ0) is 24.7. The zero-order valence-corrected chi connectivity index (χ0v) is 21.6. The second-order valence-corrected chi connectivity index (χ2v) is 11.2. The number of hydrogen-bond donors (Lipinski definition) is 1. The third-order valence-corrected chi connectivity index (χ3v) is 8.75. The molecule has 0 spiro atoms. The number of ether oxygens (including phenoxy) is 1. The van der Waals surface area contributed by atoms with Crippen LogP contribution < -0.4 is 5.32 Å². The second-order valence-electron chi connectivity index (χ2n) is 11.2. The van der Waals surface area contributed by atoms with E-state index in [2.05, 4.69) is 17.5 Å². The number of methoxy groups -OCH3 is 1. The molecular weight excluding hydrogens is 440 g/mol. The predicted molar refractivity (Wildman–Crippen MR) is 136 cm³/mol. The molecule has 1 heterocycles. The van der Waals surface area contributed by atoms with E-state index in [-0.39, 0.29) is 24.2 Å². The number of piperidine rings is 1. The molecule has 35 heavy (non-hydrogen) atoms. The molecule has 0 aromatic rings. The Hall–Kier alpha value is -2.11. The quantitative estimate of drug-likeness (QED) is 0.368. The van der Waals surface area contributed by atoms with E-state index in [4.69, 9.17) is 4.74 Å². The van der Waals surface area contributed by atoms with E-state index >= 15 is 0 Å². The molecule has 1 saturated heterocycles. The van der Waals surface area contributed by atoms with Crippen LogP contribution in [0.25, 0.3) is 0 Å². The molecule has 6 heteroatoms. The van der Waals surface area contributed by atoms with E-state index in [0.29, 0.717) is 31.8 Å². The molecule has 1 saturated carbocycles. The van der Waals surface area contributed by atoms with Crippen LogP contribution in [0, 0.1) is 17.3 Å². The van der Waals surface area contributed by atoms with Crippen molar-refractivity contribution in [2.45, 2.75) is 103 Å². The molecule has 2 atom stereocenters. The van der Waals surface area contributed by atoms with Gasteiger partial charge in [0.05, 0.1) is 7.11 Å². The number of nitrogens with one attached hydrogen (secondary N) is 1. The topological polar surface area (TPSA) is 75.7 Å². The normalized spacial score (nSPS) is 27.9. The van der Waals surface area contributed by atoms with Crippen LogP contribution in [0.1, 0.15) is 103 Å². The van der Waals surface area contributed by atoms with Gasteiger partial charge < -0.3 is 15.0 Å². The number of carbonyl (C=O) groups excluding carboxylic acids is 3. The van der Waals surface area contributed by atoms with Crippen molar-refractivity contribution in [1.29, 1.82) is 0 Å². The summed E-state index contributed by atoms with van der Waals surface area (Å²) in [6.07, 6.45) is 20.0. The molecule has 4 aliphatic rings. The maximum atomic E-state index is 13.8. The van der Waals surface area contributed by atoms with Crippen LogP contribution in [0.15, 0.2) is 23.4 Å².